The standard InChI is InChI=1S/C75H145NO5/c1-3-5-7-9-11-13-15-17-19-21-31-35-39-43-47-51-55-59-63-67-73(78)72(71-77)76-74(79)68-64-60-56-52-48-44-40-36-33-29-27-25-23-24-26-28-30-34-38-42-46-50-54-58-62-66-70-81-75(80)69-65-61-57-53-49-45-41-37-32-22-20-18-16-14-12-10-8-6-4-2/h23,25,63,67,72-73,77-78H,3-22,24,26-62,64-66,68-71H2,1-2H3,(H,76,79)/b25-23-,67-63+. The van der Waals surface area contributed by atoms with Crippen LogP contribution >= 0.6 is 0 Å². The highest BCUT2D eigenvalue weighted by Crippen LogP contribution is 2.19. The topological polar surface area (TPSA) is 95.9 Å². The highest BCUT2D eigenvalue weighted by molar-refractivity contribution is 5.76. The maximum atomic E-state index is 12.5. The van der Waals surface area contributed by atoms with Gasteiger partial charge < -0.3 is 20.3 Å². The van der Waals surface area contributed by atoms with Crippen molar-refractivity contribution in [2.45, 2.75) is 431 Å². The molecule has 3 N–H and O–H groups in total. The number of carbonyl (C=O) groups is 2. The van der Waals surface area contributed by atoms with E-state index in [1.807, 2.05) is 6.08 Å². The van der Waals surface area contributed by atoms with E-state index < -0.39 is 12.1 Å². The molecule has 0 heterocycles. The molecule has 0 aliphatic carbocycles. The van der Waals surface area contributed by atoms with Crippen molar-refractivity contribution in [2.75, 3.05) is 13.2 Å². The van der Waals surface area contributed by atoms with Gasteiger partial charge in [-0.3, -0.25) is 9.59 Å². The van der Waals surface area contributed by atoms with E-state index in [0.29, 0.717) is 19.4 Å². The molecule has 2 unspecified atom stereocenters. The van der Waals surface area contributed by atoms with Gasteiger partial charge >= 0.3 is 5.97 Å². The first-order valence-electron chi connectivity index (χ1n) is 37.1. The van der Waals surface area contributed by atoms with Crippen LogP contribution in [0, 0.1) is 0 Å². The van der Waals surface area contributed by atoms with Crippen molar-refractivity contribution in [2.24, 2.45) is 0 Å². The molecule has 0 aromatic rings. The average molecular weight is 1140 g/mol. The normalized spacial score (nSPS) is 12.6. The smallest absolute Gasteiger partial charge is 0.305 e. The van der Waals surface area contributed by atoms with Gasteiger partial charge in [0.15, 0.2) is 0 Å². The van der Waals surface area contributed by atoms with E-state index in [1.165, 1.54) is 353 Å². The van der Waals surface area contributed by atoms with E-state index in [2.05, 4.69) is 31.3 Å². The zero-order valence-corrected chi connectivity index (χ0v) is 55.0. The summed E-state index contributed by atoms with van der Waals surface area (Å²) >= 11 is 0. The third-order valence-electron chi connectivity index (χ3n) is 17.5. The number of ether oxygens (including phenoxy) is 1. The van der Waals surface area contributed by atoms with Crippen molar-refractivity contribution < 1.29 is 24.5 Å². The summed E-state index contributed by atoms with van der Waals surface area (Å²) in [6, 6.07) is -0.630. The molecule has 2 atom stereocenters. The van der Waals surface area contributed by atoms with Crippen LogP contribution in [0.15, 0.2) is 24.3 Å². The third kappa shape index (κ3) is 67.3. The van der Waals surface area contributed by atoms with E-state index >= 15 is 0 Å². The molecule has 0 rings (SSSR count). The molecule has 1 amide bonds. The zero-order chi connectivity index (χ0) is 58.5. The largest absolute Gasteiger partial charge is 0.466 e. The van der Waals surface area contributed by atoms with E-state index in [-0.39, 0.29) is 18.5 Å². The van der Waals surface area contributed by atoms with Crippen molar-refractivity contribution in [1.29, 1.82) is 0 Å². The van der Waals surface area contributed by atoms with Gasteiger partial charge in [-0.25, -0.2) is 0 Å². The molecule has 6 nitrogen and oxygen atoms in total. The molecule has 0 aromatic heterocycles. The van der Waals surface area contributed by atoms with E-state index in [4.69, 9.17) is 4.74 Å². The Kier molecular flexibility index (Phi) is 69.4. The van der Waals surface area contributed by atoms with Crippen LogP contribution in [0.5, 0.6) is 0 Å². The highest BCUT2D eigenvalue weighted by atomic mass is 16.5. The van der Waals surface area contributed by atoms with Crippen molar-refractivity contribution >= 4 is 11.9 Å². The van der Waals surface area contributed by atoms with Gasteiger partial charge in [-0.2, -0.15) is 0 Å². The number of aliphatic hydroxyl groups is 2. The van der Waals surface area contributed by atoms with Crippen LogP contribution in [0.1, 0.15) is 418 Å². The summed E-state index contributed by atoms with van der Waals surface area (Å²) in [5.74, 6) is -0.0463. The van der Waals surface area contributed by atoms with Crippen LogP contribution in [0.4, 0.5) is 0 Å². The highest BCUT2D eigenvalue weighted by Gasteiger charge is 2.18. The Labute approximate surface area is 507 Å². The lowest BCUT2D eigenvalue weighted by atomic mass is 10.0. The molecule has 0 saturated heterocycles. The van der Waals surface area contributed by atoms with Crippen LogP contribution in [-0.2, 0) is 14.3 Å². The van der Waals surface area contributed by atoms with Crippen LogP contribution in [-0.4, -0.2) is 47.4 Å². The molecule has 0 radical (unpaired) electrons. The van der Waals surface area contributed by atoms with Crippen LogP contribution < -0.4 is 5.32 Å². The van der Waals surface area contributed by atoms with Crippen LogP contribution in [0.3, 0.4) is 0 Å². The number of unbranched alkanes of at least 4 members (excludes halogenated alkanes) is 57. The minimum absolute atomic E-state index is 0.0196. The molecule has 0 bridgehead atoms. The number of carbonyl (C=O) groups excluding carboxylic acids is 2. The minimum Gasteiger partial charge on any atom is -0.466 e. The lowest BCUT2D eigenvalue weighted by Crippen LogP contribution is -2.45. The van der Waals surface area contributed by atoms with Gasteiger partial charge in [0, 0.05) is 12.8 Å². The second-order valence-corrected chi connectivity index (χ2v) is 25.6. The SMILES string of the molecule is CCCCCCCCCCCCCCCCCCC/C=C/C(O)C(CO)NC(=O)CCCCCCCCCCCC/C=C\CCCCCCCCCCCCCCOC(=O)CCCCCCCCCCCCCCCCCCCCC. The second kappa shape index (κ2) is 70.8. The Morgan fingerprint density at radius 1 is 0.333 bits per heavy atom. The van der Waals surface area contributed by atoms with Gasteiger partial charge in [0.05, 0.1) is 25.4 Å². The molecular weight excluding hydrogens is 995 g/mol. The molecule has 0 fully saturated rings. The predicted octanol–water partition coefficient (Wildman–Crippen LogP) is 24.1. The van der Waals surface area contributed by atoms with Gasteiger partial charge in [0.25, 0.3) is 0 Å². The fraction of sp³-hybridized carbons (Fsp3) is 0.920. The van der Waals surface area contributed by atoms with E-state index in [9.17, 15) is 19.8 Å². The Hall–Kier alpha value is -1.66. The molecule has 0 spiro atoms. The number of aliphatic hydroxyl groups excluding tert-OH is 2. The maximum Gasteiger partial charge on any atom is 0.305 e. The lowest BCUT2D eigenvalue weighted by molar-refractivity contribution is -0.143. The minimum atomic E-state index is -0.846. The summed E-state index contributed by atoms with van der Waals surface area (Å²) in [5.41, 5.74) is 0. The lowest BCUT2D eigenvalue weighted by Gasteiger charge is -2.20. The van der Waals surface area contributed by atoms with Gasteiger partial charge in [0.1, 0.15) is 0 Å². The summed E-state index contributed by atoms with van der Waals surface area (Å²) in [4.78, 5) is 24.6. The molecule has 6 heteroatoms. The molecule has 0 aromatic carbocycles. The summed E-state index contributed by atoms with van der Waals surface area (Å²) in [7, 11) is 0. The van der Waals surface area contributed by atoms with Gasteiger partial charge in [-0.15, -0.1) is 0 Å². The zero-order valence-electron chi connectivity index (χ0n) is 55.0. The Balaban J connectivity index is 3.39. The van der Waals surface area contributed by atoms with Gasteiger partial charge in [-0.05, 0) is 57.8 Å². The Morgan fingerprint density at radius 2 is 0.580 bits per heavy atom. The second-order valence-electron chi connectivity index (χ2n) is 25.6. The van der Waals surface area contributed by atoms with Crippen molar-refractivity contribution in [1.82, 2.24) is 5.32 Å². The number of rotatable bonds is 70. The molecule has 0 aliphatic rings. The van der Waals surface area contributed by atoms with Crippen LogP contribution in [0.2, 0.25) is 0 Å². The fourth-order valence-electron chi connectivity index (χ4n) is 11.8. The summed E-state index contributed by atoms with van der Waals surface area (Å²) in [6.07, 6.45) is 89.8. The summed E-state index contributed by atoms with van der Waals surface area (Å²) in [6.45, 7) is 4.95. The van der Waals surface area contributed by atoms with Crippen molar-refractivity contribution in [3.8, 4) is 0 Å². The average Bonchev–Trinajstić information content (AvgIpc) is 3.47. The molecular formula is C75H145NO5. The van der Waals surface area contributed by atoms with Gasteiger partial charge in [-0.1, -0.05) is 372 Å². The Morgan fingerprint density at radius 3 is 0.877 bits per heavy atom. The number of nitrogens with one attached hydrogen (secondary N) is 1. The number of allylic oxidation sites excluding steroid dienone is 3. The first-order valence-corrected chi connectivity index (χ1v) is 37.1. The van der Waals surface area contributed by atoms with Gasteiger partial charge in [0.2, 0.25) is 5.91 Å². The van der Waals surface area contributed by atoms with E-state index in [1.54, 1.807) is 6.08 Å². The van der Waals surface area contributed by atoms with E-state index in [0.717, 1.165) is 38.5 Å². The predicted molar refractivity (Wildman–Crippen MR) is 356 cm³/mol. The fourth-order valence-corrected chi connectivity index (χ4v) is 11.8. The molecule has 81 heavy (non-hydrogen) atoms. The molecule has 0 aliphatic heterocycles. The van der Waals surface area contributed by atoms with Crippen molar-refractivity contribution in [3.05, 3.63) is 24.3 Å². The molecule has 0 saturated carbocycles. The monoisotopic (exact) mass is 1140 g/mol. The Bertz CT molecular complexity index is 1270. The number of amides is 1. The third-order valence-corrected chi connectivity index (χ3v) is 17.5. The van der Waals surface area contributed by atoms with Crippen LogP contribution in [0.25, 0.3) is 0 Å². The first kappa shape index (κ1) is 79.3. The number of hydrogen-bond acceptors (Lipinski definition) is 5. The number of hydrogen-bond donors (Lipinski definition) is 3. The quantitative estimate of drug-likeness (QED) is 0.0320. The maximum absolute atomic E-state index is 12.5. The molecule has 480 valence electrons. The number of esters is 1. The summed E-state index contributed by atoms with van der Waals surface area (Å²) < 4.78 is 5.51. The summed E-state index contributed by atoms with van der Waals surface area (Å²) in [5, 5.41) is 23.2. The first-order chi connectivity index (χ1) is 40.0. The van der Waals surface area contributed by atoms with Crippen molar-refractivity contribution in [3.63, 3.8) is 0 Å².